The van der Waals surface area contributed by atoms with E-state index in [1.165, 1.54) is 6.20 Å². The molecule has 0 radical (unpaired) electrons. The van der Waals surface area contributed by atoms with Crippen LogP contribution in [0.4, 0.5) is 8.78 Å². The van der Waals surface area contributed by atoms with Gasteiger partial charge in [0.1, 0.15) is 5.56 Å². The van der Waals surface area contributed by atoms with Crippen LogP contribution in [-0.2, 0) is 9.06 Å². The standard InChI is InChI=1S/C15H12BrF2NO3/c1-2-22-14(21)8-6-19-12-7(13(8)20)5-9(17)11(18)10(12)15(16)3-4-15/h5-6H,2-4H2,1H3,(H,19,20). The smallest absolute Gasteiger partial charge is 0.343 e. The number of rotatable bonds is 3. The number of benzene rings is 1. The van der Waals surface area contributed by atoms with Gasteiger partial charge in [-0.3, -0.25) is 4.79 Å². The van der Waals surface area contributed by atoms with E-state index in [2.05, 4.69) is 20.9 Å². The van der Waals surface area contributed by atoms with E-state index < -0.39 is 27.4 Å². The first kappa shape index (κ1) is 15.1. The Morgan fingerprint density at radius 2 is 2.14 bits per heavy atom. The highest BCUT2D eigenvalue weighted by Gasteiger charge is 2.46. The van der Waals surface area contributed by atoms with Gasteiger partial charge in [0.15, 0.2) is 11.6 Å². The van der Waals surface area contributed by atoms with E-state index in [1.54, 1.807) is 6.92 Å². The van der Waals surface area contributed by atoms with Gasteiger partial charge in [-0.05, 0) is 25.8 Å². The van der Waals surface area contributed by atoms with E-state index in [4.69, 9.17) is 4.74 Å². The van der Waals surface area contributed by atoms with Crippen molar-refractivity contribution in [3.8, 4) is 0 Å². The Hall–Kier alpha value is -1.76. The molecule has 0 unspecified atom stereocenters. The van der Waals surface area contributed by atoms with Gasteiger partial charge in [0.2, 0.25) is 5.43 Å². The molecule has 116 valence electrons. The van der Waals surface area contributed by atoms with Crippen LogP contribution in [0.1, 0.15) is 35.7 Å². The van der Waals surface area contributed by atoms with Gasteiger partial charge >= 0.3 is 5.97 Å². The first-order valence-electron chi connectivity index (χ1n) is 6.79. The van der Waals surface area contributed by atoms with Crippen molar-refractivity contribution in [3.05, 3.63) is 45.2 Å². The van der Waals surface area contributed by atoms with Crippen molar-refractivity contribution >= 4 is 32.8 Å². The molecule has 1 aromatic heterocycles. The molecule has 1 heterocycles. The molecule has 0 bridgehead atoms. The highest BCUT2D eigenvalue weighted by molar-refractivity contribution is 9.09. The van der Waals surface area contributed by atoms with E-state index in [1.807, 2.05) is 0 Å². The summed E-state index contributed by atoms with van der Waals surface area (Å²) in [6.07, 6.45) is 2.47. The number of carbonyl (C=O) groups is 1. The third-order valence-electron chi connectivity index (χ3n) is 3.70. The average molecular weight is 372 g/mol. The molecule has 1 aliphatic carbocycles. The van der Waals surface area contributed by atoms with E-state index in [9.17, 15) is 18.4 Å². The molecule has 7 heteroatoms. The predicted molar refractivity (Wildman–Crippen MR) is 80.3 cm³/mol. The quantitative estimate of drug-likeness (QED) is 0.664. The number of pyridine rings is 1. The fourth-order valence-corrected chi connectivity index (χ4v) is 3.02. The predicted octanol–water partition coefficient (Wildman–Crippen LogP) is 3.37. The molecule has 1 fully saturated rings. The summed E-state index contributed by atoms with van der Waals surface area (Å²) in [5.74, 6) is -2.89. The van der Waals surface area contributed by atoms with Crippen LogP contribution in [0.25, 0.3) is 10.9 Å². The zero-order valence-electron chi connectivity index (χ0n) is 11.6. The number of carbonyl (C=O) groups excluding carboxylic acids is 1. The maximum atomic E-state index is 14.2. The van der Waals surface area contributed by atoms with Crippen LogP contribution < -0.4 is 5.43 Å². The van der Waals surface area contributed by atoms with E-state index in [0.29, 0.717) is 12.8 Å². The highest BCUT2D eigenvalue weighted by Crippen LogP contribution is 2.56. The number of aromatic nitrogens is 1. The molecular formula is C15H12BrF2NO3. The van der Waals surface area contributed by atoms with E-state index >= 15 is 0 Å². The topological polar surface area (TPSA) is 59.2 Å². The first-order valence-corrected chi connectivity index (χ1v) is 7.58. The SMILES string of the molecule is CCOC(=O)c1c[nH]c2c(C3(Br)CC3)c(F)c(F)cc2c1=O. The van der Waals surface area contributed by atoms with Gasteiger partial charge < -0.3 is 9.72 Å². The van der Waals surface area contributed by atoms with Gasteiger partial charge in [0.05, 0.1) is 16.4 Å². The Kier molecular flexibility index (Phi) is 3.55. The maximum Gasteiger partial charge on any atom is 0.343 e. The van der Waals surface area contributed by atoms with E-state index in [-0.39, 0.29) is 28.6 Å². The lowest BCUT2D eigenvalue weighted by Gasteiger charge is -2.13. The monoisotopic (exact) mass is 371 g/mol. The molecule has 0 saturated heterocycles. The number of halogens is 3. The number of hydrogen-bond acceptors (Lipinski definition) is 3. The van der Waals surface area contributed by atoms with Gasteiger partial charge in [-0.15, -0.1) is 0 Å². The summed E-state index contributed by atoms with van der Waals surface area (Å²) in [5, 5.41) is -0.0646. The van der Waals surface area contributed by atoms with Gasteiger partial charge in [-0.25, -0.2) is 13.6 Å². The maximum absolute atomic E-state index is 14.2. The molecule has 0 spiro atoms. The van der Waals surface area contributed by atoms with Crippen LogP contribution >= 0.6 is 15.9 Å². The molecule has 4 nitrogen and oxygen atoms in total. The Balaban J connectivity index is 2.31. The van der Waals surface area contributed by atoms with Gasteiger partial charge in [-0.2, -0.15) is 0 Å². The molecule has 1 N–H and O–H groups in total. The molecule has 3 rings (SSSR count). The molecule has 0 atom stereocenters. The molecule has 0 amide bonds. The van der Waals surface area contributed by atoms with Gasteiger partial charge in [0.25, 0.3) is 0 Å². The molecule has 1 saturated carbocycles. The first-order chi connectivity index (χ1) is 10.4. The lowest BCUT2D eigenvalue weighted by molar-refractivity contribution is 0.0524. The Bertz CT molecular complexity index is 843. The lowest BCUT2D eigenvalue weighted by atomic mass is 10.0. The summed E-state index contributed by atoms with van der Waals surface area (Å²) in [7, 11) is 0. The van der Waals surface area contributed by atoms with Crippen molar-refractivity contribution in [1.29, 1.82) is 0 Å². The third-order valence-corrected chi connectivity index (χ3v) is 4.89. The van der Waals surface area contributed by atoms with E-state index in [0.717, 1.165) is 6.07 Å². The molecular weight excluding hydrogens is 360 g/mol. The average Bonchev–Trinajstić information content (AvgIpc) is 3.20. The summed E-state index contributed by atoms with van der Waals surface area (Å²) < 4.78 is 32.1. The molecule has 1 aromatic carbocycles. The van der Waals surface area contributed by atoms with Crippen molar-refractivity contribution in [3.63, 3.8) is 0 Å². The largest absolute Gasteiger partial charge is 0.462 e. The van der Waals surface area contributed by atoms with Gasteiger partial charge in [0, 0.05) is 17.1 Å². The van der Waals surface area contributed by atoms with Crippen molar-refractivity contribution in [2.75, 3.05) is 6.61 Å². The van der Waals surface area contributed by atoms with Crippen LogP contribution in [0.2, 0.25) is 0 Å². The summed E-state index contributed by atoms with van der Waals surface area (Å²) in [4.78, 5) is 26.9. The summed E-state index contributed by atoms with van der Waals surface area (Å²) >= 11 is 3.38. The third kappa shape index (κ3) is 2.24. The number of H-pyrrole nitrogens is 1. The summed E-state index contributed by atoms with van der Waals surface area (Å²) in [6, 6.07) is 0.814. The minimum absolute atomic E-state index is 0.0646. The molecule has 0 aliphatic heterocycles. The Labute approximate surface area is 132 Å². The van der Waals surface area contributed by atoms with Crippen molar-refractivity contribution in [2.24, 2.45) is 0 Å². The second-order valence-electron chi connectivity index (χ2n) is 5.19. The Morgan fingerprint density at radius 3 is 2.73 bits per heavy atom. The van der Waals surface area contributed by atoms with Crippen LogP contribution in [0.5, 0.6) is 0 Å². The number of aromatic amines is 1. The molecule has 22 heavy (non-hydrogen) atoms. The van der Waals surface area contributed by atoms with Crippen LogP contribution in [0.15, 0.2) is 17.1 Å². The van der Waals surface area contributed by atoms with Crippen LogP contribution in [-0.4, -0.2) is 17.6 Å². The fraction of sp³-hybridized carbons (Fsp3) is 0.333. The van der Waals surface area contributed by atoms with Crippen molar-refractivity contribution in [2.45, 2.75) is 24.1 Å². The molecule has 1 aliphatic rings. The van der Waals surface area contributed by atoms with Crippen LogP contribution in [0, 0.1) is 11.6 Å². The van der Waals surface area contributed by atoms with Crippen molar-refractivity contribution in [1.82, 2.24) is 4.98 Å². The highest BCUT2D eigenvalue weighted by atomic mass is 79.9. The minimum atomic E-state index is -1.11. The molecule has 2 aromatic rings. The van der Waals surface area contributed by atoms with Gasteiger partial charge in [-0.1, -0.05) is 15.9 Å². The number of nitrogens with one attached hydrogen (secondary N) is 1. The van der Waals surface area contributed by atoms with Crippen molar-refractivity contribution < 1.29 is 18.3 Å². The minimum Gasteiger partial charge on any atom is -0.462 e. The number of alkyl halides is 1. The number of esters is 1. The second kappa shape index (κ2) is 5.15. The lowest BCUT2D eigenvalue weighted by Crippen LogP contribution is -2.20. The number of ether oxygens (including phenoxy) is 1. The zero-order valence-corrected chi connectivity index (χ0v) is 13.2. The number of hydrogen-bond donors (Lipinski definition) is 1. The summed E-state index contributed by atoms with van der Waals surface area (Å²) in [6.45, 7) is 1.73. The summed E-state index contributed by atoms with van der Waals surface area (Å²) in [5.41, 5.74) is -0.615. The zero-order chi connectivity index (χ0) is 16.1. The second-order valence-corrected chi connectivity index (χ2v) is 6.71. The normalized spacial score (nSPS) is 15.8. The van der Waals surface area contributed by atoms with Crippen LogP contribution in [0.3, 0.4) is 0 Å². The fourth-order valence-electron chi connectivity index (χ4n) is 2.45. The number of fused-ring (bicyclic) bond motifs is 1. The Morgan fingerprint density at radius 1 is 1.45 bits per heavy atom.